The van der Waals surface area contributed by atoms with Crippen molar-refractivity contribution in [3.05, 3.63) is 12.7 Å². The van der Waals surface area contributed by atoms with Crippen molar-refractivity contribution in [3.8, 4) is 0 Å². The van der Waals surface area contributed by atoms with Crippen LogP contribution in [0.1, 0.15) is 33.6 Å². The zero-order valence-electron chi connectivity index (χ0n) is 8.47. The maximum absolute atomic E-state index is 5.68. The van der Waals surface area contributed by atoms with Crippen molar-refractivity contribution < 1.29 is 4.74 Å². The fraction of sp³-hybridized carbons (Fsp3) is 0.800. The summed E-state index contributed by atoms with van der Waals surface area (Å²) >= 11 is 0. The smallest absolute Gasteiger partial charge is 0.0641 e. The second-order valence-corrected chi connectivity index (χ2v) is 3.87. The number of rotatable bonds is 6. The molecule has 2 N–H and O–H groups in total. The molecular formula is C10H21NO. The van der Waals surface area contributed by atoms with Gasteiger partial charge >= 0.3 is 0 Å². The Kier molecular flexibility index (Phi) is 5.18. The second-order valence-electron chi connectivity index (χ2n) is 3.87. The van der Waals surface area contributed by atoms with Crippen LogP contribution in [-0.4, -0.2) is 18.2 Å². The van der Waals surface area contributed by atoms with E-state index in [1.165, 1.54) is 0 Å². The van der Waals surface area contributed by atoms with Crippen LogP contribution in [0.5, 0.6) is 0 Å². The number of hydrogen-bond donors (Lipinski definition) is 1. The fourth-order valence-electron chi connectivity index (χ4n) is 1.25. The lowest BCUT2D eigenvalue weighted by Crippen LogP contribution is -2.33. The minimum absolute atomic E-state index is 0.100. The zero-order chi connectivity index (χ0) is 9.61. The van der Waals surface area contributed by atoms with Crippen molar-refractivity contribution in [2.75, 3.05) is 6.61 Å². The molecule has 0 aromatic rings. The highest BCUT2D eigenvalue weighted by molar-refractivity contribution is 4.74. The average molecular weight is 171 g/mol. The Morgan fingerprint density at radius 2 is 2.17 bits per heavy atom. The zero-order valence-corrected chi connectivity index (χ0v) is 8.47. The van der Waals surface area contributed by atoms with Gasteiger partial charge in [0.1, 0.15) is 0 Å². The molecule has 2 nitrogen and oxygen atoms in total. The Balaban J connectivity index is 3.62. The molecule has 0 aliphatic heterocycles. The first-order valence-corrected chi connectivity index (χ1v) is 4.48. The third kappa shape index (κ3) is 6.38. The Hall–Kier alpha value is -0.340. The Morgan fingerprint density at radius 1 is 1.58 bits per heavy atom. The molecule has 0 heterocycles. The largest absolute Gasteiger partial charge is 0.375 e. The molecule has 1 atom stereocenters. The van der Waals surface area contributed by atoms with Crippen molar-refractivity contribution in [1.29, 1.82) is 0 Å². The lowest BCUT2D eigenvalue weighted by molar-refractivity contribution is -0.0241. The molecule has 2 heteroatoms. The van der Waals surface area contributed by atoms with Gasteiger partial charge in [-0.2, -0.15) is 0 Å². The third-order valence-corrected chi connectivity index (χ3v) is 1.63. The fourth-order valence-corrected chi connectivity index (χ4v) is 1.25. The summed E-state index contributed by atoms with van der Waals surface area (Å²) in [7, 11) is 0. The summed E-state index contributed by atoms with van der Waals surface area (Å²) < 4.78 is 5.63. The lowest BCUT2D eigenvalue weighted by Gasteiger charge is -2.26. The van der Waals surface area contributed by atoms with Gasteiger partial charge in [-0.3, -0.25) is 0 Å². The van der Waals surface area contributed by atoms with E-state index in [1.54, 1.807) is 0 Å². The summed E-state index contributed by atoms with van der Waals surface area (Å²) in [5.41, 5.74) is 5.58. The van der Waals surface area contributed by atoms with E-state index in [-0.39, 0.29) is 11.6 Å². The van der Waals surface area contributed by atoms with E-state index in [2.05, 4.69) is 20.4 Å². The van der Waals surface area contributed by atoms with Crippen LogP contribution in [0.3, 0.4) is 0 Å². The molecule has 0 aromatic carbocycles. The van der Waals surface area contributed by atoms with Crippen LogP contribution in [0.25, 0.3) is 0 Å². The summed E-state index contributed by atoms with van der Waals surface area (Å²) in [5.74, 6) is 0. The first-order valence-electron chi connectivity index (χ1n) is 4.48. The van der Waals surface area contributed by atoms with Crippen molar-refractivity contribution in [2.45, 2.75) is 45.3 Å². The van der Waals surface area contributed by atoms with E-state index in [9.17, 15) is 0 Å². The normalized spacial score (nSPS) is 14.3. The average Bonchev–Trinajstić information content (AvgIpc) is 1.84. The second kappa shape index (κ2) is 5.33. The summed E-state index contributed by atoms with van der Waals surface area (Å²) in [6.45, 7) is 10.5. The molecule has 0 amide bonds. The quantitative estimate of drug-likeness (QED) is 0.490. The highest BCUT2D eigenvalue weighted by Crippen LogP contribution is 2.15. The van der Waals surface area contributed by atoms with Crippen LogP contribution in [0.4, 0.5) is 0 Å². The van der Waals surface area contributed by atoms with E-state index >= 15 is 0 Å². The summed E-state index contributed by atoms with van der Waals surface area (Å²) in [6.07, 6.45) is 3.66. The molecule has 0 saturated heterocycles. The Labute approximate surface area is 75.8 Å². The summed E-state index contributed by atoms with van der Waals surface area (Å²) in [5, 5.41) is 0. The standard InChI is InChI=1S/C10H21NO/c1-5-6-7-12-10(3,4)8-9(2)11/h5,9H,1,6-8,11H2,2-4H3. The SMILES string of the molecule is C=CCCOC(C)(C)CC(C)N. The molecule has 72 valence electrons. The van der Waals surface area contributed by atoms with Gasteiger partial charge in [-0.15, -0.1) is 6.58 Å². The molecular weight excluding hydrogens is 150 g/mol. The van der Waals surface area contributed by atoms with Gasteiger partial charge in [-0.05, 0) is 33.6 Å². The predicted octanol–water partition coefficient (Wildman–Crippen LogP) is 2.10. The van der Waals surface area contributed by atoms with Crippen molar-refractivity contribution in [3.63, 3.8) is 0 Å². The maximum atomic E-state index is 5.68. The van der Waals surface area contributed by atoms with Gasteiger partial charge in [-0.25, -0.2) is 0 Å². The van der Waals surface area contributed by atoms with Crippen LogP contribution in [0.2, 0.25) is 0 Å². The van der Waals surface area contributed by atoms with Gasteiger partial charge in [0.15, 0.2) is 0 Å². The van der Waals surface area contributed by atoms with E-state index in [0.717, 1.165) is 19.4 Å². The van der Waals surface area contributed by atoms with Crippen molar-refractivity contribution in [2.24, 2.45) is 5.73 Å². The van der Waals surface area contributed by atoms with E-state index in [0.29, 0.717) is 0 Å². The van der Waals surface area contributed by atoms with Gasteiger partial charge in [0.2, 0.25) is 0 Å². The van der Waals surface area contributed by atoms with Crippen LogP contribution < -0.4 is 5.73 Å². The molecule has 0 fully saturated rings. The molecule has 0 aromatic heterocycles. The summed E-state index contributed by atoms with van der Waals surface area (Å²) in [6, 6.07) is 0.198. The summed E-state index contributed by atoms with van der Waals surface area (Å²) in [4.78, 5) is 0. The minimum Gasteiger partial charge on any atom is -0.375 e. The van der Waals surface area contributed by atoms with E-state index in [1.807, 2.05) is 13.0 Å². The van der Waals surface area contributed by atoms with Crippen molar-refractivity contribution >= 4 is 0 Å². The Morgan fingerprint density at radius 3 is 2.58 bits per heavy atom. The third-order valence-electron chi connectivity index (χ3n) is 1.63. The Bertz CT molecular complexity index is 130. The number of ether oxygens (including phenoxy) is 1. The van der Waals surface area contributed by atoms with Gasteiger partial charge in [-0.1, -0.05) is 6.08 Å². The topological polar surface area (TPSA) is 35.2 Å². The van der Waals surface area contributed by atoms with Gasteiger partial charge in [0.05, 0.1) is 12.2 Å². The van der Waals surface area contributed by atoms with Crippen molar-refractivity contribution in [1.82, 2.24) is 0 Å². The number of nitrogens with two attached hydrogens (primary N) is 1. The molecule has 0 saturated carbocycles. The molecule has 0 rings (SSSR count). The van der Waals surface area contributed by atoms with Crippen LogP contribution >= 0.6 is 0 Å². The van der Waals surface area contributed by atoms with Crippen LogP contribution in [0.15, 0.2) is 12.7 Å². The lowest BCUT2D eigenvalue weighted by atomic mass is 10.0. The highest BCUT2D eigenvalue weighted by Gasteiger charge is 2.19. The van der Waals surface area contributed by atoms with Gasteiger partial charge in [0, 0.05) is 6.04 Å². The minimum atomic E-state index is -0.100. The monoisotopic (exact) mass is 171 g/mol. The molecule has 0 radical (unpaired) electrons. The first-order chi connectivity index (χ1) is 5.48. The molecule has 0 aliphatic carbocycles. The molecule has 12 heavy (non-hydrogen) atoms. The van der Waals surface area contributed by atoms with Gasteiger partial charge < -0.3 is 10.5 Å². The molecule has 0 aliphatic rings. The van der Waals surface area contributed by atoms with E-state index < -0.39 is 0 Å². The number of hydrogen-bond acceptors (Lipinski definition) is 2. The maximum Gasteiger partial charge on any atom is 0.0641 e. The first kappa shape index (κ1) is 11.7. The predicted molar refractivity (Wildman–Crippen MR) is 53.1 cm³/mol. The van der Waals surface area contributed by atoms with E-state index in [4.69, 9.17) is 10.5 Å². The van der Waals surface area contributed by atoms with Crippen LogP contribution in [-0.2, 0) is 4.74 Å². The van der Waals surface area contributed by atoms with Crippen LogP contribution in [0, 0.1) is 0 Å². The molecule has 0 spiro atoms. The van der Waals surface area contributed by atoms with Gasteiger partial charge in [0.25, 0.3) is 0 Å². The molecule has 0 bridgehead atoms. The highest BCUT2D eigenvalue weighted by atomic mass is 16.5. The molecule has 1 unspecified atom stereocenters.